The fourth-order valence-electron chi connectivity index (χ4n) is 1.39. The lowest BCUT2D eigenvalue weighted by molar-refractivity contribution is 0.0697. The molecule has 0 fully saturated rings. The van der Waals surface area contributed by atoms with Crippen LogP contribution in [0.4, 0.5) is 5.69 Å². The smallest absolute Gasteiger partial charge is 0.335 e. The first-order valence-corrected chi connectivity index (χ1v) is 6.39. The maximum atomic E-state index is 10.9. The summed E-state index contributed by atoms with van der Waals surface area (Å²) in [5.74, 6) is -0.953. The largest absolute Gasteiger partial charge is 0.478 e. The minimum Gasteiger partial charge on any atom is -0.478 e. The Morgan fingerprint density at radius 2 is 2.11 bits per heavy atom. The van der Waals surface area contributed by atoms with E-state index < -0.39 is 5.97 Å². The quantitative estimate of drug-likeness (QED) is 0.639. The van der Waals surface area contributed by atoms with E-state index >= 15 is 0 Å². The second-order valence-electron chi connectivity index (χ2n) is 3.65. The SMILES string of the molecule is O=C(O)c1cc(Br)cc(NCCCOCCO)c1. The molecule has 0 saturated carbocycles. The van der Waals surface area contributed by atoms with E-state index in [-0.39, 0.29) is 12.2 Å². The van der Waals surface area contributed by atoms with E-state index in [1.54, 1.807) is 12.1 Å². The van der Waals surface area contributed by atoms with Crippen molar-refractivity contribution in [1.82, 2.24) is 0 Å². The first-order chi connectivity index (χ1) is 8.63. The second-order valence-corrected chi connectivity index (χ2v) is 4.57. The Morgan fingerprint density at radius 3 is 2.78 bits per heavy atom. The van der Waals surface area contributed by atoms with Gasteiger partial charge in [-0.25, -0.2) is 4.79 Å². The predicted octanol–water partition coefficient (Wildman–Crippen LogP) is 1.96. The molecule has 0 saturated heterocycles. The van der Waals surface area contributed by atoms with Gasteiger partial charge < -0.3 is 20.3 Å². The number of carbonyl (C=O) groups is 1. The van der Waals surface area contributed by atoms with E-state index in [9.17, 15) is 4.79 Å². The molecule has 0 aliphatic carbocycles. The lowest BCUT2D eigenvalue weighted by Gasteiger charge is -2.08. The van der Waals surface area contributed by atoms with Crippen LogP contribution in [0.3, 0.4) is 0 Å². The molecule has 0 radical (unpaired) electrons. The maximum absolute atomic E-state index is 10.9. The number of carboxylic acids is 1. The molecule has 0 aliphatic rings. The van der Waals surface area contributed by atoms with Crippen molar-refractivity contribution in [2.75, 3.05) is 31.7 Å². The van der Waals surface area contributed by atoms with Gasteiger partial charge in [-0.05, 0) is 24.6 Å². The third kappa shape index (κ3) is 5.48. The Balaban J connectivity index is 2.40. The Labute approximate surface area is 114 Å². The minimum atomic E-state index is -0.953. The number of carboxylic acid groups (broad SMARTS) is 1. The summed E-state index contributed by atoms with van der Waals surface area (Å²) in [6, 6.07) is 4.96. The van der Waals surface area contributed by atoms with Gasteiger partial charge in [0.15, 0.2) is 0 Å². The molecule has 5 nitrogen and oxygen atoms in total. The number of hydrogen-bond donors (Lipinski definition) is 3. The Bertz CT molecular complexity index is 398. The first-order valence-electron chi connectivity index (χ1n) is 5.60. The molecular formula is C12H16BrNO4. The molecule has 18 heavy (non-hydrogen) atoms. The van der Waals surface area contributed by atoms with E-state index in [1.807, 2.05) is 6.07 Å². The van der Waals surface area contributed by atoms with Crippen LogP contribution in [-0.4, -0.2) is 42.5 Å². The van der Waals surface area contributed by atoms with Gasteiger partial charge in [0.25, 0.3) is 0 Å². The van der Waals surface area contributed by atoms with Crippen LogP contribution in [-0.2, 0) is 4.74 Å². The monoisotopic (exact) mass is 317 g/mol. The summed E-state index contributed by atoms with van der Waals surface area (Å²) in [5, 5.41) is 20.5. The zero-order chi connectivity index (χ0) is 13.4. The van der Waals surface area contributed by atoms with Crippen LogP contribution in [0, 0.1) is 0 Å². The van der Waals surface area contributed by atoms with Crippen molar-refractivity contribution in [1.29, 1.82) is 0 Å². The second kappa shape index (κ2) is 8.07. The van der Waals surface area contributed by atoms with Crippen LogP contribution in [0.25, 0.3) is 0 Å². The zero-order valence-electron chi connectivity index (χ0n) is 9.86. The summed E-state index contributed by atoms with van der Waals surface area (Å²) < 4.78 is 5.84. The lowest BCUT2D eigenvalue weighted by Crippen LogP contribution is -2.08. The van der Waals surface area contributed by atoms with Gasteiger partial charge in [-0.2, -0.15) is 0 Å². The van der Waals surface area contributed by atoms with Gasteiger partial charge in [-0.15, -0.1) is 0 Å². The standard InChI is InChI=1S/C12H16BrNO4/c13-10-6-9(12(16)17)7-11(8-10)14-2-1-4-18-5-3-15/h6-8,14-15H,1-5H2,(H,16,17). The summed E-state index contributed by atoms with van der Waals surface area (Å²) in [7, 11) is 0. The molecule has 6 heteroatoms. The molecule has 0 heterocycles. The van der Waals surface area contributed by atoms with E-state index in [0.717, 1.165) is 16.6 Å². The molecule has 100 valence electrons. The molecule has 0 unspecified atom stereocenters. The van der Waals surface area contributed by atoms with Crippen LogP contribution >= 0.6 is 15.9 Å². The van der Waals surface area contributed by atoms with Gasteiger partial charge in [0.2, 0.25) is 0 Å². The number of benzene rings is 1. The van der Waals surface area contributed by atoms with Gasteiger partial charge in [0.05, 0.1) is 18.8 Å². The highest BCUT2D eigenvalue weighted by atomic mass is 79.9. The molecule has 0 spiro atoms. The minimum absolute atomic E-state index is 0.0288. The zero-order valence-corrected chi connectivity index (χ0v) is 11.4. The summed E-state index contributed by atoms with van der Waals surface area (Å²) in [6.45, 7) is 1.62. The van der Waals surface area contributed by atoms with Crippen molar-refractivity contribution < 1.29 is 19.7 Å². The van der Waals surface area contributed by atoms with Crippen molar-refractivity contribution in [3.8, 4) is 0 Å². The normalized spacial score (nSPS) is 10.3. The van der Waals surface area contributed by atoms with Gasteiger partial charge in [0.1, 0.15) is 0 Å². The molecule has 0 aliphatic heterocycles. The van der Waals surface area contributed by atoms with E-state index in [4.69, 9.17) is 14.9 Å². The van der Waals surface area contributed by atoms with E-state index in [1.165, 1.54) is 0 Å². The number of aromatic carboxylic acids is 1. The van der Waals surface area contributed by atoms with Crippen molar-refractivity contribution >= 4 is 27.6 Å². The Kier molecular flexibility index (Phi) is 6.70. The van der Waals surface area contributed by atoms with Gasteiger partial charge in [-0.1, -0.05) is 15.9 Å². The predicted molar refractivity (Wildman–Crippen MR) is 72.1 cm³/mol. The van der Waals surface area contributed by atoms with E-state index in [2.05, 4.69) is 21.2 Å². The fraction of sp³-hybridized carbons (Fsp3) is 0.417. The van der Waals surface area contributed by atoms with Crippen LogP contribution in [0.1, 0.15) is 16.8 Å². The van der Waals surface area contributed by atoms with Crippen molar-refractivity contribution in [3.63, 3.8) is 0 Å². The highest BCUT2D eigenvalue weighted by Gasteiger charge is 2.05. The van der Waals surface area contributed by atoms with Crippen LogP contribution < -0.4 is 5.32 Å². The topological polar surface area (TPSA) is 78.8 Å². The highest BCUT2D eigenvalue weighted by Crippen LogP contribution is 2.19. The summed E-state index contributed by atoms with van der Waals surface area (Å²) in [6.07, 6.45) is 0.787. The maximum Gasteiger partial charge on any atom is 0.335 e. The summed E-state index contributed by atoms with van der Waals surface area (Å²) in [4.78, 5) is 10.9. The van der Waals surface area contributed by atoms with Crippen molar-refractivity contribution in [2.24, 2.45) is 0 Å². The molecule has 1 aromatic rings. The average molecular weight is 318 g/mol. The van der Waals surface area contributed by atoms with E-state index in [0.29, 0.717) is 19.8 Å². The van der Waals surface area contributed by atoms with Gasteiger partial charge in [-0.3, -0.25) is 0 Å². The van der Waals surface area contributed by atoms with Crippen LogP contribution in [0.15, 0.2) is 22.7 Å². The third-order valence-electron chi connectivity index (χ3n) is 2.17. The molecule has 1 aromatic carbocycles. The number of aliphatic hydroxyl groups is 1. The summed E-state index contributed by atoms with van der Waals surface area (Å²) >= 11 is 3.27. The summed E-state index contributed by atoms with van der Waals surface area (Å²) in [5.41, 5.74) is 0.993. The Hall–Kier alpha value is -1.11. The molecule has 0 bridgehead atoms. The molecule has 0 amide bonds. The average Bonchev–Trinajstić information content (AvgIpc) is 2.33. The molecular weight excluding hydrogens is 302 g/mol. The molecule has 0 aromatic heterocycles. The first kappa shape index (κ1) is 14.9. The van der Waals surface area contributed by atoms with Crippen LogP contribution in [0.2, 0.25) is 0 Å². The van der Waals surface area contributed by atoms with Crippen LogP contribution in [0.5, 0.6) is 0 Å². The number of aliphatic hydroxyl groups excluding tert-OH is 1. The number of halogens is 1. The number of ether oxygens (including phenoxy) is 1. The molecule has 0 atom stereocenters. The van der Waals surface area contributed by atoms with Gasteiger partial charge in [0, 0.05) is 23.3 Å². The third-order valence-corrected chi connectivity index (χ3v) is 2.63. The molecule has 3 N–H and O–H groups in total. The number of rotatable bonds is 8. The van der Waals surface area contributed by atoms with Gasteiger partial charge >= 0.3 is 5.97 Å². The number of hydrogen-bond acceptors (Lipinski definition) is 4. The fourth-order valence-corrected chi connectivity index (χ4v) is 1.88. The van der Waals surface area contributed by atoms with Crippen molar-refractivity contribution in [3.05, 3.63) is 28.2 Å². The number of anilines is 1. The lowest BCUT2D eigenvalue weighted by atomic mass is 10.2. The number of nitrogens with one attached hydrogen (secondary N) is 1. The Morgan fingerprint density at radius 1 is 1.33 bits per heavy atom. The van der Waals surface area contributed by atoms with Crippen molar-refractivity contribution in [2.45, 2.75) is 6.42 Å². The molecule has 1 rings (SSSR count). The highest BCUT2D eigenvalue weighted by molar-refractivity contribution is 9.10.